The molecule has 2 heteroatoms. The van der Waals surface area contributed by atoms with Gasteiger partial charge in [-0.3, -0.25) is 0 Å². The summed E-state index contributed by atoms with van der Waals surface area (Å²) in [6, 6.07) is 12.7. The zero-order valence-electron chi connectivity index (χ0n) is 9.20. The van der Waals surface area contributed by atoms with Crippen LogP contribution in [0.1, 0.15) is 11.1 Å². The van der Waals surface area contributed by atoms with Crippen molar-refractivity contribution in [3.8, 4) is 11.1 Å². The first kappa shape index (κ1) is 10.8. The summed E-state index contributed by atoms with van der Waals surface area (Å²) in [5.74, 6) is -0.206. The third kappa shape index (κ3) is 1.97. The van der Waals surface area contributed by atoms with Crippen molar-refractivity contribution in [3.63, 3.8) is 0 Å². The Morgan fingerprint density at radius 2 is 1.81 bits per heavy atom. The van der Waals surface area contributed by atoms with Gasteiger partial charge in [-0.2, -0.15) is 0 Å². The highest BCUT2D eigenvalue weighted by atomic mass is 19.1. The van der Waals surface area contributed by atoms with Crippen LogP contribution in [0.25, 0.3) is 11.1 Å². The Morgan fingerprint density at radius 3 is 2.50 bits per heavy atom. The van der Waals surface area contributed by atoms with E-state index in [9.17, 15) is 4.39 Å². The van der Waals surface area contributed by atoms with E-state index >= 15 is 0 Å². The minimum absolute atomic E-state index is 0.206. The fourth-order valence-electron chi connectivity index (χ4n) is 1.80. The second kappa shape index (κ2) is 4.45. The van der Waals surface area contributed by atoms with E-state index in [1.165, 1.54) is 6.07 Å². The van der Waals surface area contributed by atoms with Crippen LogP contribution in [0.4, 0.5) is 4.39 Å². The van der Waals surface area contributed by atoms with Gasteiger partial charge in [0.05, 0.1) is 0 Å². The lowest BCUT2D eigenvalue weighted by atomic mass is 9.97. The molecule has 0 aromatic heterocycles. The number of benzene rings is 2. The molecule has 82 valence electrons. The maximum atomic E-state index is 13.7. The molecule has 0 saturated heterocycles. The van der Waals surface area contributed by atoms with Gasteiger partial charge < -0.3 is 5.73 Å². The minimum atomic E-state index is -0.206. The Balaban J connectivity index is 2.63. The maximum Gasteiger partial charge on any atom is 0.131 e. The molecule has 2 rings (SSSR count). The SMILES string of the molecule is Cc1ccc(CN)c(-c2ccccc2F)c1. The Kier molecular flexibility index (Phi) is 3.02. The highest BCUT2D eigenvalue weighted by Crippen LogP contribution is 2.27. The maximum absolute atomic E-state index is 13.7. The summed E-state index contributed by atoms with van der Waals surface area (Å²) in [6.45, 7) is 2.41. The number of aryl methyl sites for hydroxylation is 1. The second-order valence-corrected chi connectivity index (χ2v) is 3.84. The average Bonchev–Trinajstić information content (AvgIpc) is 2.29. The van der Waals surface area contributed by atoms with Gasteiger partial charge in [-0.25, -0.2) is 4.39 Å². The van der Waals surface area contributed by atoms with Gasteiger partial charge in [0.2, 0.25) is 0 Å². The highest BCUT2D eigenvalue weighted by Gasteiger charge is 2.08. The Bertz CT molecular complexity index is 506. The molecular weight excluding hydrogens is 201 g/mol. The van der Waals surface area contributed by atoms with Gasteiger partial charge in [0.25, 0.3) is 0 Å². The molecule has 1 nitrogen and oxygen atoms in total. The van der Waals surface area contributed by atoms with Gasteiger partial charge in [-0.1, -0.05) is 42.0 Å². The molecule has 0 aliphatic heterocycles. The molecule has 2 aromatic carbocycles. The van der Waals surface area contributed by atoms with Gasteiger partial charge in [0, 0.05) is 12.1 Å². The smallest absolute Gasteiger partial charge is 0.131 e. The van der Waals surface area contributed by atoms with Crippen molar-refractivity contribution in [2.24, 2.45) is 5.73 Å². The summed E-state index contributed by atoms with van der Waals surface area (Å²) < 4.78 is 13.7. The molecule has 0 spiro atoms. The first-order chi connectivity index (χ1) is 7.72. The molecule has 2 aromatic rings. The lowest BCUT2D eigenvalue weighted by molar-refractivity contribution is 0.631. The van der Waals surface area contributed by atoms with Crippen LogP contribution in [-0.2, 0) is 6.54 Å². The number of rotatable bonds is 2. The number of hydrogen-bond acceptors (Lipinski definition) is 1. The molecular formula is C14H14FN. The van der Waals surface area contributed by atoms with E-state index < -0.39 is 0 Å². The van der Waals surface area contributed by atoms with E-state index in [1.54, 1.807) is 12.1 Å². The van der Waals surface area contributed by atoms with Crippen LogP contribution in [0.5, 0.6) is 0 Å². The zero-order chi connectivity index (χ0) is 11.5. The fraction of sp³-hybridized carbons (Fsp3) is 0.143. The largest absolute Gasteiger partial charge is 0.326 e. The number of hydrogen-bond donors (Lipinski definition) is 1. The molecule has 0 aliphatic carbocycles. The van der Waals surface area contributed by atoms with Crippen LogP contribution >= 0.6 is 0 Å². The topological polar surface area (TPSA) is 26.0 Å². The van der Waals surface area contributed by atoms with Gasteiger partial charge in [-0.15, -0.1) is 0 Å². The molecule has 0 amide bonds. The molecule has 0 saturated carbocycles. The monoisotopic (exact) mass is 215 g/mol. The summed E-state index contributed by atoms with van der Waals surface area (Å²) in [6.07, 6.45) is 0. The van der Waals surface area contributed by atoms with Crippen LogP contribution in [0, 0.1) is 12.7 Å². The van der Waals surface area contributed by atoms with E-state index in [1.807, 2.05) is 31.2 Å². The van der Waals surface area contributed by atoms with Crippen molar-refractivity contribution in [2.45, 2.75) is 13.5 Å². The highest BCUT2D eigenvalue weighted by molar-refractivity contribution is 5.68. The molecule has 0 heterocycles. The summed E-state index contributed by atoms with van der Waals surface area (Å²) in [5, 5.41) is 0. The average molecular weight is 215 g/mol. The van der Waals surface area contributed by atoms with Crippen LogP contribution in [0.2, 0.25) is 0 Å². The third-order valence-electron chi connectivity index (χ3n) is 2.65. The van der Waals surface area contributed by atoms with Crippen molar-refractivity contribution in [2.75, 3.05) is 0 Å². The number of halogens is 1. The molecule has 0 atom stereocenters. The van der Waals surface area contributed by atoms with E-state index in [4.69, 9.17) is 5.73 Å². The Morgan fingerprint density at radius 1 is 1.06 bits per heavy atom. The van der Waals surface area contributed by atoms with Crippen LogP contribution in [0.15, 0.2) is 42.5 Å². The first-order valence-electron chi connectivity index (χ1n) is 5.27. The minimum Gasteiger partial charge on any atom is -0.326 e. The van der Waals surface area contributed by atoms with E-state index in [0.717, 1.165) is 16.7 Å². The molecule has 0 aliphatic rings. The molecule has 16 heavy (non-hydrogen) atoms. The predicted octanol–water partition coefficient (Wildman–Crippen LogP) is 3.26. The Hall–Kier alpha value is -1.67. The summed E-state index contributed by atoms with van der Waals surface area (Å²) in [5.41, 5.74) is 9.25. The fourth-order valence-corrected chi connectivity index (χ4v) is 1.80. The van der Waals surface area contributed by atoms with E-state index in [0.29, 0.717) is 12.1 Å². The lowest BCUT2D eigenvalue weighted by Gasteiger charge is -2.10. The first-order valence-corrected chi connectivity index (χ1v) is 5.27. The second-order valence-electron chi connectivity index (χ2n) is 3.84. The van der Waals surface area contributed by atoms with Crippen molar-refractivity contribution in [3.05, 3.63) is 59.4 Å². The van der Waals surface area contributed by atoms with E-state index in [2.05, 4.69) is 0 Å². The quantitative estimate of drug-likeness (QED) is 0.817. The van der Waals surface area contributed by atoms with E-state index in [-0.39, 0.29) is 5.82 Å². The summed E-state index contributed by atoms with van der Waals surface area (Å²) in [7, 11) is 0. The molecule has 2 N–H and O–H groups in total. The molecule has 0 radical (unpaired) electrons. The van der Waals surface area contributed by atoms with Crippen molar-refractivity contribution >= 4 is 0 Å². The summed E-state index contributed by atoms with van der Waals surface area (Å²) >= 11 is 0. The Labute approximate surface area is 94.7 Å². The van der Waals surface area contributed by atoms with Gasteiger partial charge >= 0.3 is 0 Å². The van der Waals surface area contributed by atoms with Crippen LogP contribution in [0.3, 0.4) is 0 Å². The number of nitrogens with two attached hydrogens (primary N) is 1. The normalized spacial score (nSPS) is 10.4. The van der Waals surface area contributed by atoms with Crippen LogP contribution < -0.4 is 5.73 Å². The van der Waals surface area contributed by atoms with Gasteiger partial charge in [0.1, 0.15) is 5.82 Å². The van der Waals surface area contributed by atoms with Gasteiger partial charge in [-0.05, 0) is 24.1 Å². The standard InChI is InChI=1S/C14H14FN/c1-10-6-7-11(9-16)13(8-10)12-4-2-3-5-14(12)15/h2-8H,9,16H2,1H3. The molecule has 0 unspecified atom stereocenters. The van der Waals surface area contributed by atoms with Crippen molar-refractivity contribution < 1.29 is 4.39 Å². The van der Waals surface area contributed by atoms with Crippen molar-refractivity contribution in [1.82, 2.24) is 0 Å². The predicted molar refractivity (Wildman–Crippen MR) is 64.5 cm³/mol. The third-order valence-corrected chi connectivity index (χ3v) is 2.65. The van der Waals surface area contributed by atoms with Crippen LogP contribution in [-0.4, -0.2) is 0 Å². The lowest BCUT2D eigenvalue weighted by Crippen LogP contribution is -2.00. The summed E-state index contributed by atoms with van der Waals surface area (Å²) in [4.78, 5) is 0. The zero-order valence-corrected chi connectivity index (χ0v) is 9.20. The molecule has 0 fully saturated rings. The molecule has 0 bridgehead atoms. The van der Waals surface area contributed by atoms with Gasteiger partial charge in [0.15, 0.2) is 0 Å². The van der Waals surface area contributed by atoms with Crippen molar-refractivity contribution in [1.29, 1.82) is 0 Å².